The fraction of sp³-hybridized carbons (Fsp3) is 0.333. The molecule has 0 saturated heterocycles. The smallest absolute Gasteiger partial charge is 0.229 e. The highest BCUT2D eigenvalue weighted by Crippen LogP contribution is 2.23. The predicted octanol–water partition coefficient (Wildman–Crippen LogP) is 2.12. The molecule has 0 fully saturated rings. The van der Waals surface area contributed by atoms with Gasteiger partial charge in [0.25, 0.3) is 0 Å². The normalized spacial score (nSPS) is 14.1. The highest BCUT2D eigenvalue weighted by Gasteiger charge is 2.21. The maximum atomic E-state index is 5.23. The van der Waals surface area contributed by atoms with Crippen molar-refractivity contribution in [2.45, 2.75) is 32.7 Å². The van der Waals surface area contributed by atoms with Gasteiger partial charge in [-0.25, -0.2) is 15.0 Å². The third-order valence-corrected chi connectivity index (χ3v) is 4.32. The lowest BCUT2D eigenvalue weighted by atomic mass is 10.1. The van der Waals surface area contributed by atoms with Crippen molar-refractivity contribution in [1.82, 2.24) is 20.6 Å². The Balaban J connectivity index is 1.81. The van der Waals surface area contributed by atoms with Crippen LogP contribution >= 0.6 is 12.2 Å². The number of thiocarbonyl (C=S) groups is 1. The maximum absolute atomic E-state index is 5.23. The van der Waals surface area contributed by atoms with E-state index in [1.165, 1.54) is 11.1 Å². The first-order valence-electron chi connectivity index (χ1n) is 8.26. The van der Waals surface area contributed by atoms with Gasteiger partial charge < -0.3 is 10.6 Å². The van der Waals surface area contributed by atoms with E-state index in [1.54, 1.807) is 7.05 Å². The molecule has 0 amide bonds. The van der Waals surface area contributed by atoms with Crippen molar-refractivity contribution in [3.8, 4) is 0 Å². The van der Waals surface area contributed by atoms with Crippen LogP contribution < -0.4 is 16.0 Å². The summed E-state index contributed by atoms with van der Waals surface area (Å²) in [6.07, 6.45) is 1.84. The zero-order valence-electron chi connectivity index (χ0n) is 14.6. The number of guanidine groups is 1. The lowest BCUT2D eigenvalue weighted by Crippen LogP contribution is -2.42. The number of hydrogen-bond donors (Lipinski definition) is 3. The van der Waals surface area contributed by atoms with Gasteiger partial charge in [0.05, 0.1) is 6.04 Å². The van der Waals surface area contributed by atoms with Gasteiger partial charge in [-0.05, 0) is 56.1 Å². The van der Waals surface area contributed by atoms with Gasteiger partial charge in [-0.3, -0.25) is 5.32 Å². The van der Waals surface area contributed by atoms with Crippen molar-refractivity contribution < 1.29 is 0 Å². The lowest BCUT2D eigenvalue weighted by molar-refractivity contribution is 0.720. The van der Waals surface area contributed by atoms with E-state index in [0.717, 1.165) is 24.2 Å². The zero-order valence-corrected chi connectivity index (χ0v) is 15.4. The first kappa shape index (κ1) is 17.3. The van der Waals surface area contributed by atoms with Crippen LogP contribution in [-0.4, -0.2) is 34.1 Å². The van der Waals surface area contributed by atoms with Crippen molar-refractivity contribution >= 4 is 29.2 Å². The van der Waals surface area contributed by atoms with Crippen LogP contribution in [0.1, 0.15) is 22.5 Å². The number of nitrogens with one attached hydrogen (secondary N) is 3. The van der Waals surface area contributed by atoms with E-state index >= 15 is 0 Å². The molecule has 7 heteroatoms. The lowest BCUT2D eigenvalue weighted by Gasteiger charge is -2.14. The summed E-state index contributed by atoms with van der Waals surface area (Å²) >= 11 is 5.23. The Morgan fingerprint density at radius 3 is 2.28 bits per heavy atom. The molecular formula is C18H22N6S. The largest absolute Gasteiger partial charge is 0.365 e. The second-order valence-corrected chi connectivity index (χ2v) is 6.52. The highest BCUT2D eigenvalue weighted by atomic mass is 32.1. The molecule has 1 aromatic heterocycles. The third-order valence-electron chi connectivity index (χ3n) is 4.01. The van der Waals surface area contributed by atoms with Crippen LogP contribution in [0, 0.1) is 13.8 Å². The van der Waals surface area contributed by atoms with E-state index in [9.17, 15) is 0 Å². The number of benzene rings is 1. The molecule has 0 saturated carbocycles. The Morgan fingerprint density at radius 1 is 1.12 bits per heavy atom. The van der Waals surface area contributed by atoms with E-state index in [0.29, 0.717) is 17.0 Å². The Labute approximate surface area is 153 Å². The Kier molecular flexibility index (Phi) is 5.23. The van der Waals surface area contributed by atoms with Crippen molar-refractivity contribution in [2.24, 2.45) is 4.99 Å². The average Bonchev–Trinajstić information content (AvgIpc) is 2.95. The van der Waals surface area contributed by atoms with Gasteiger partial charge in [-0.1, -0.05) is 24.3 Å². The summed E-state index contributed by atoms with van der Waals surface area (Å²) in [5.74, 6) is 1.07. The van der Waals surface area contributed by atoms with E-state index in [1.807, 2.05) is 19.9 Å². The number of nitrogens with zero attached hydrogens (tertiary/aromatic N) is 3. The molecule has 3 N–H and O–H groups in total. The summed E-state index contributed by atoms with van der Waals surface area (Å²) in [4.78, 5) is 13.6. The molecule has 130 valence electrons. The first-order valence-corrected chi connectivity index (χ1v) is 8.67. The number of hydrogen-bond acceptors (Lipinski definition) is 4. The maximum Gasteiger partial charge on any atom is 0.229 e. The monoisotopic (exact) mass is 354 g/mol. The molecule has 0 atom stereocenters. The van der Waals surface area contributed by atoms with Gasteiger partial charge in [0, 0.05) is 18.4 Å². The predicted molar refractivity (Wildman–Crippen MR) is 105 cm³/mol. The molecule has 1 aromatic carbocycles. The quantitative estimate of drug-likeness (QED) is 0.436. The van der Waals surface area contributed by atoms with Crippen molar-refractivity contribution in [1.29, 1.82) is 0 Å². The SMILES string of the molecule is CNC(=S)NC(=NC1Cc2ccccc2C1)Nc1nc(C)cc(C)n1. The fourth-order valence-electron chi connectivity index (χ4n) is 2.96. The topological polar surface area (TPSA) is 74.2 Å². The number of rotatable bonds is 2. The molecule has 6 nitrogen and oxygen atoms in total. The highest BCUT2D eigenvalue weighted by molar-refractivity contribution is 7.80. The molecular weight excluding hydrogens is 332 g/mol. The van der Waals surface area contributed by atoms with Gasteiger partial charge in [-0.2, -0.15) is 0 Å². The summed E-state index contributed by atoms with van der Waals surface area (Å²) in [7, 11) is 1.77. The van der Waals surface area contributed by atoms with Crippen LogP contribution in [-0.2, 0) is 12.8 Å². The molecule has 25 heavy (non-hydrogen) atoms. The minimum absolute atomic E-state index is 0.165. The van der Waals surface area contributed by atoms with E-state index in [4.69, 9.17) is 17.2 Å². The summed E-state index contributed by atoms with van der Waals surface area (Å²) in [5.41, 5.74) is 4.52. The van der Waals surface area contributed by atoms with Crippen LogP contribution in [0.5, 0.6) is 0 Å². The number of aryl methyl sites for hydroxylation is 2. The minimum Gasteiger partial charge on any atom is -0.365 e. The average molecular weight is 354 g/mol. The van der Waals surface area contributed by atoms with Crippen molar-refractivity contribution in [3.05, 3.63) is 52.8 Å². The molecule has 3 rings (SSSR count). The number of aromatic nitrogens is 2. The Bertz CT molecular complexity index is 772. The number of aliphatic imine (C=N–C) groups is 1. The van der Waals surface area contributed by atoms with Crippen LogP contribution in [0.15, 0.2) is 35.3 Å². The molecule has 2 aromatic rings. The number of anilines is 1. The minimum atomic E-state index is 0.165. The summed E-state index contributed by atoms with van der Waals surface area (Å²) in [6.45, 7) is 3.88. The molecule has 0 radical (unpaired) electrons. The van der Waals surface area contributed by atoms with Gasteiger partial charge in [-0.15, -0.1) is 0 Å². The summed E-state index contributed by atoms with van der Waals surface area (Å²) in [6, 6.07) is 10.6. The standard InChI is InChI=1S/C18H22N6S/c1-11-8-12(2)21-16(20-11)23-17(24-18(25)19-3)22-15-9-13-6-4-5-7-14(13)10-15/h4-8,15H,9-10H2,1-3H3,(H3,19,20,21,22,23,24,25). The molecule has 0 aliphatic heterocycles. The molecule has 0 bridgehead atoms. The molecule has 1 aliphatic carbocycles. The zero-order chi connectivity index (χ0) is 17.8. The van der Waals surface area contributed by atoms with Gasteiger partial charge >= 0.3 is 0 Å². The van der Waals surface area contributed by atoms with E-state index < -0.39 is 0 Å². The van der Waals surface area contributed by atoms with Gasteiger partial charge in [0.15, 0.2) is 5.11 Å². The van der Waals surface area contributed by atoms with Crippen LogP contribution in [0.4, 0.5) is 5.95 Å². The van der Waals surface area contributed by atoms with Gasteiger partial charge in [0.2, 0.25) is 11.9 Å². The van der Waals surface area contributed by atoms with Crippen LogP contribution in [0.3, 0.4) is 0 Å². The third kappa shape index (κ3) is 4.51. The van der Waals surface area contributed by atoms with E-state index in [-0.39, 0.29) is 6.04 Å². The Hall–Kier alpha value is -2.54. The fourth-order valence-corrected chi connectivity index (χ4v) is 3.06. The molecule has 0 spiro atoms. The van der Waals surface area contributed by atoms with E-state index in [2.05, 4.69) is 50.2 Å². The van der Waals surface area contributed by atoms with Crippen molar-refractivity contribution in [2.75, 3.05) is 12.4 Å². The summed E-state index contributed by atoms with van der Waals surface area (Å²) in [5, 5.41) is 9.65. The summed E-state index contributed by atoms with van der Waals surface area (Å²) < 4.78 is 0. The second kappa shape index (κ2) is 7.57. The van der Waals surface area contributed by atoms with Crippen LogP contribution in [0.2, 0.25) is 0 Å². The van der Waals surface area contributed by atoms with Crippen LogP contribution in [0.25, 0.3) is 0 Å². The molecule has 0 unspecified atom stereocenters. The second-order valence-electron chi connectivity index (χ2n) is 6.11. The van der Waals surface area contributed by atoms with Gasteiger partial charge in [0.1, 0.15) is 0 Å². The molecule has 1 heterocycles. The number of fused-ring (bicyclic) bond motifs is 1. The Morgan fingerprint density at radius 2 is 1.72 bits per heavy atom. The first-order chi connectivity index (χ1) is 12.0. The molecule has 1 aliphatic rings. The van der Waals surface area contributed by atoms with Crippen molar-refractivity contribution in [3.63, 3.8) is 0 Å².